The van der Waals surface area contributed by atoms with Crippen molar-refractivity contribution in [3.63, 3.8) is 0 Å². The molecule has 1 fully saturated rings. The summed E-state index contributed by atoms with van der Waals surface area (Å²) in [7, 11) is 3.69. The van der Waals surface area contributed by atoms with Crippen molar-refractivity contribution in [3.05, 3.63) is 66.0 Å². The van der Waals surface area contributed by atoms with Crippen molar-refractivity contribution >= 4 is 51.8 Å². The van der Waals surface area contributed by atoms with E-state index < -0.39 is 0 Å². The lowest BCUT2D eigenvalue weighted by atomic mass is 10.1. The molecule has 2 aromatic carbocycles. The minimum absolute atomic E-state index is 0.235. The number of ether oxygens (including phenoxy) is 2. The highest BCUT2D eigenvalue weighted by atomic mass is 32.2. The average molecular weight is 560 g/mol. The minimum Gasteiger partial charge on any atom is -0.497 e. The first kappa shape index (κ1) is 26.3. The van der Waals surface area contributed by atoms with E-state index >= 15 is 0 Å². The zero-order chi connectivity index (χ0) is 27.5. The average Bonchev–Trinajstić information content (AvgIpc) is 3.41. The number of pyridine rings is 1. The Morgan fingerprint density at radius 3 is 2.75 bits per heavy atom. The number of nitrogens with zero attached hydrogens (tertiary/aromatic N) is 5. The molecule has 0 spiro atoms. The summed E-state index contributed by atoms with van der Waals surface area (Å²) in [5.74, 6) is 3.12. The molecule has 6 rings (SSSR count). The van der Waals surface area contributed by atoms with Crippen molar-refractivity contribution in [2.24, 2.45) is 0 Å². The number of thioether (sulfide) groups is 1. The highest BCUT2D eigenvalue weighted by Gasteiger charge is 2.20. The third-order valence-electron chi connectivity index (χ3n) is 7.11. The van der Waals surface area contributed by atoms with Gasteiger partial charge in [0.1, 0.15) is 23.4 Å². The molecule has 2 aliphatic heterocycles. The van der Waals surface area contributed by atoms with Crippen molar-refractivity contribution in [2.75, 3.05) is 67.9 Å². The monoisotopic (exact) mass is 559 g/mol. The van der Waals surface area contributed by atoms with Crippen molar-refractivity contribution in [1.29, 1.82) is 0 Å². The largest absolute Gasteiger partial charge is 0.497 e. The molecule has 0 radical (unpaired) electrons. The van der Waals surface area contributed by atoms with Gasteiger partial charge >= 0.3 is 6.03 Å². The van der Waals surface area contributed by atoms with Gasteiger partial charge in [-0.1, -0.05) is 12.1 Å². The summed E-state index contributed by atoms with van der Waals surface area (Å²) in [6.07, 6.45) is 1.55. The van der Waals surface area contributed by atoms with Crippen LogP contribution in [0.15, 0.2) is 54.9 Å². The minimum atomic E-state index is -0.235. The van der Waals surface area contributed by atoms with Crippen LogP contribution in [0, 0.1) is 0 Å². The zero-order valence-corrected chi connectivity index (χ0v) is 23.5. The molecule has 0 atom stereocenters. The van der Waals surface area contributed by atoms with Crippen LogP contribution in [-0.2, 0) is 17.0 Å². The number of aromatic nitrogens is 3. The number of morpholine rings is 1. The molecule has 0 saturated carbocycles. The number of rotatable bonds is 5. The number of benzene rings is 2. The first-order valence-corrected chi connectivity index (χ1v) is 14.5. The second kappa shape index (κ2) is 11.6. The molecule has 40 heavy (non-hydrogen) atoms. The van der Waals surface area contributed by atoms with Crippen LogP contribution in [0.25, 0.3) is 11.2 Å². The van der Waals surface area contributed by atoms with E-state index in [-0.39, 0.29) is 6.03 Å². The lowest BCUT2D eigenvalue weighted by Crippen LogP contribution is -2.36. The van der Waals surface area contributed by atoms with Gasteiger partial charge in [-0.05, 0) is 41.5 Å². The van der Waals surface area contributed by atoms with Crippen LogP contribution in [0.5, 0.6) is 5.75 Å². The lowest BCUT2D eigenvalue weighted by molar-refractivity contribution is 0.122. The Kier molecular flexibility index (Phi) is 7.65. The van der Waals surface area contributed by atoms with Crippen LogP contribution in [0.1, 0.15) is 11.1 Å². The fourth-order valence-electron chi connectivity index (χ4n) is 5.05. The van der Waals surface area contributed by atoms with E-state index in [1.165, 1.54) is 15.8 Å². The Morgan fingerprint density at radius 1 is 1.12 bits per heavy atom. The maximum absolute atomic E-state index is 13.1. The van der Waals surface area contributed by atoms with Crippen molar-refractivity contribution in [1.82, 2.24) is 19.9 Å². The van der Waals surface area contributed by atoms with Gasteiger partial charge in [0.25, 0.3) is 0 Å². The molecule has 2 N–H and O–H groups in total. The number of carbonyl (C=O) groups excluding carboxylic acids is 1. The maximum Gasteiger partial charge on any atom is 0.328 e. The van der Waals surface area contributed by atoms with E-state index in [1.807, 2.05) is 37.4 Å². The Bertz CT molecular complexity index is 1500. The number of fused-ring (bicyclic) bond motifs is 3. The SMILES string of the molecule is COc1ccc(CN(C)c2cc3nc4c2ncn4C(=O)NCCSCc2cc(cc(N4CCOCC4)c2)N3)cc1. The molecular weight excluding hydrogens is 526 g/mol. The molecule has 1 saturated heterocycles. The van der Waals surface area contributed by atoms with Gasteiger partial charge in [-0.3, -0.25) is 0 Å². The van der Waals surface area contributed by atoms with Gasteiger partial charge in [-0.2, -0.15) is 11.8 Å². The fourth-order valence-corrected chi connectivity index (χ4v) is 5.85. The summed E-state index contributed by atoms with van der Waals surface area (Å²) in [5.41, 5.74) is 6.54. The molecule has 1 amide bonds. The summed E-state index contributed by atoms with van der Waals surface area (Å²) in [6, 6.07) is 16.4. The number of imidazole rings is 1. The summed E-state index contributed by atoms with van der Waals surface area (Å²) in [4.78, 5) is 27.1. The second-order valence-corrected chi connectivity index (χ2v) is 11.0. The predicted octanol–water partition coefficient (Wildman–Crippen LogP) is 4.46. The summed E-state index contributed by atoms with van der Waals surface area (Å²) in [5, 5.41) is 6.56. The molecular formula is C29H33N7O3S. The molecule has 0 unspecified atom stereocenters. The van der Waals surface area contributed by atoms with Crippen LogP contribution < -0.4 is 25.2 Å². The molecule has 2 aromatic heterocycles. The number of carbonyl (C=O) groups is 1. The fraction of sp³-hybridized carbons (Fsp3) is 0.345. The molecule has 2 aliphatic rings. The van der Waals surface area contributed by atoms with Crippen molar-refractivity contribution < 1.29 is 14.3 Å². The maximum atomic E-state index is 13.1. The molecule has 4 bridgehead atoms. The van der Waals surface area contributed by atoms with Crippen LogP contribution in [0.2, 0.25) is 0 Å². The van der Waals surface area contributed by atoms with Gasteiger partial charge in [0.2, 0.25) is 0 Å². The van der Waals surface area contributed by atoms with Gasteiger partial charge in [-0.25, -0.2) is 19.3 Å². The van der Waals surface area contributed by atoms with Crippen LogP contribution in [-0.4, -0.2) is 73.3 Å². The zero-order valence-electron chi connectivity index (χ0n) is 22.7. The number of amides is 1. The summed E-state index contributed by atoms with van der Waals surface area (Å²) >= 11 is 1.80. The van der Waals surface area contributed by atoms with E-state index in [4.69, 9.17) is 14.5 Å². The third-order valence-corrected chi connectivity index (χ3v) is 8.14. The van der Waals surface area contributed by atoms with E-state index in [2.05, 4.69) is 43.6 Å². The first-order valence-electron chi connectivity index (χ1n) is 13.4. The predicted molar refractivity (Wildman–Crippen MR) is 160 cm³/mol. The quantitative estimate of drug-likeness (QED) is 0.367. The van der Waals surface area contributed by atoms with Crippen molar-refractivity contribution in [3.8, 4) is 5.75 Å². The van der Waals surface area contributed by atoms with Gasteiger partial charge in [-0.15, -0.1) is 0 Å². The molecule has 0 aliphatic carbocycles. The molecule has 4 aromatic rings. The van der Waals surface area contributed by atoms with E-state index in [0.29, 0.717) is 30.1 Å². The van der Waals surface area contributed by atoms with E-state index in [1.54, 1.807) is 25.2 Å². The smallest absolute Gasteiger partial charge is 0.328 e. The Labute approximate surface area is 237 Å². The third kappa shape index (κ3) is 5.66. The number of hydrogen-bond acceptors (Lipinski definition) is 9. The highest BCUT2D eigenvalue weighted by Crippen LogP contribution is 2.32. The first-order chi connectivity index (χ1) is 19.6. The molecule has 10 nitrogen and oxygen atoms in total. The van der Waals surface area contributed by atoms with Crippen LogP contribution >= 0.6 is 11.8 Å². The number of hydrogen-bond donors (Lipinski definition) is 2. The summed E-state index contributed by atoms with van der Waals surface area (Å²) < 4.78 is 12.4. The lowest BCUT2D eigenvalue weighted by Gasteiger charge is -2.29. The van der Waals surface area contributed by atoms with E-state index in [0.717, 1.165) is 60.5 Å². The number of nitrogens with one attached hydrogen (secondary N) is 2. The van der Waals surface area contributed by atoms with Gasteiger partial charge < -0.3 is 29.9 Å². The van der Waals surface area contributed by atoms with E-state index in [9.17, 15) is 4.79 Å². The van der Waals surface area contributed by atoms with Gasteiger partial charge in [0.05, 0.1) is 26.0 Å². The van der Waals surface area contributed by atoms with Crippen LogP contribution in [0.4, 0.5) is 27.7 Å². The topological polar surface area (TPSA) is 96.8 Å². The van der Waals surface area contributed by atoms with Gasteiger partial charge in [0, 0.05) is 62.2 Å². The Morgan fingerprint density at radius 2 is 1.95 bits per heavy atom. The summed E-state index contributed by atoms with van der Waals surface area (Å²) in [6.45, 7) is 4.40. The van der Waals surface area contributed by atoms with Gasteiger partial charge in [0.15, 0.2) is 5.65 Å². The molecule has 4 heterocycles. The Balaban J connectivity index is 1.40. The molecule has 208 valence electrons. The van der Waals surface area contributed by atoms with Crippen molar-refractivity contribution in [2.45, 2.75) is 12.3 Å². The Hall–Kier alpha value is -3.96. The highest BCUT2D eigenvalue weighted by molar-refractivity contribution is 7.98. The number of methoxy groups -OCH3 is 1. The number of anilines is 4. The standard InChI is InChI=1S/C29H33N7O3S/c1-34(17-20-3-5-24(38-2)6-4-20)25-16-26-32-22-13-21(14-23(15-22)35-8-10-39-11-9-35)18-40-12-7-30-29(37)36-19-31-27(25)28(36)33-26/h3-6,13-16,19H,7-12,17-18H2,1-2H3,(H,30,37)(H,32,33). The normalized spacial score (nSPS) is 15.8. The van der Waals surface area contributed by atoms with Crippen LogP contribution in [0.3, 0.4) is 0 Å². The second-order valence-electron chi connectivity index (χ2n) is 9.91. The molecule has 11 heteroatoms.